The van der Waals surface area contributed by atoms with E-state index in [9.17, 15) is 4.79 Å². The summed E-state index contributed by atoms with van der Waals surface area (Å²) in [4.78, 5) is 20.9. The lowest BCUT2D eigenvalue weighted by Crippen LogP contribution is -2.14. The summed E-state index contributed by atoms with van der Waals surface area (Å²) in [5, 5.41) is 5.90. The lowest BCUT2D eigenvalue weighted by atomic mass is 10.2. The highest BCUT2D eigenvalue weighted by Crippen LogP contribution is 2.29. The molecule has 150 valence electrons. The van der Waals surface area contributed by atoms with Gasteiger partial charge in [-0.2, -0.15) is 0 Å². The fourth-order valence-corrected chi connectivity index (χ4v) is 2.66. The van der Waals surface area contributed by atoms with E-state index in [1.807, 2.05) is 24.3 Å². The minimum absolute atomic E-state index is 0.325. The molecule has 2 N–H and O–H groups in total. The van der Waals surface area contributed by atoms with E-state index in [1.165, 1.54) is 19.5 Å². The van der Waals surface area contributed by atoms with Gasteiger partial charge < -0.3 is 24.8 Å². The number of amides is 1. The van der Waals surface area contributed by atoms with Gasteiger partial charge in [0.25, 0.3) is 5.91 Å². The predicted octanol–water partition coefficient (Wildman–Crippen LogP) is 3.37. The minimum Gasteiger partial charge on any atom is -0.497 e. The topological polar surface area (TPSA) is 94.6 Å². The third-order valence-corrected chi connectivity index (χ3v) is 4.20. The van der Waals surface area contributed by atoms with Crippen LogP contribution in [0.4, 0.5) is 11.6 Å². The molecule has 29 heavy (non-hydrogen) atoms. The second-order valence-corrected chi connectivity index (χ2v) is 5.98. The van der Waals surface area contributed by atoms with Crippen molar-refractivity contribution in [1.82, 2.24) is 9.97 Å². The minimum atomic E-state index is -0.343. The Balaban J connectivity index is 1.64. The molecule has 8 nitrogen and oxygen atoms in total. The number of methoxy groups -OCH3 is 3. The number of para-hydroxylation sites is 1. The second-order valence-electron chi connectivity index (χ2n) is 5.98. The van der Waals surface area contributed by atoms with Gasteiger partial charge in [0.05, 0.1) is 32.6 Å². The van der Waals surface area contributed by atoms with E-state index in [1.54, 1.807) is 32.4 Å². The number of carbonyl (C=O) groups is 1. The summed E-state index contributed by atoms with van der Waals surface area (Å²) in [7, 11) is 4.71. The van der Waals surface area contributed by atoms with Crippen LogP contribution in [0.25, 0.3) is 0 Å². The highest BCUT2D eigenvalue weighted by Gasteiger charge is 2.12. The van der Waals surface area contributed by atoms with Crippen LogP contribution in [-0.2, 0) is 6.54 Å². The lowest BCUT2D eigenvalue weighted by Gasteiger charge is -2.12. The number of ether oxygens (including phenoxy) is 3. The van der Waals surface area contributed by atoms with Crippen LogP contribution in [0.3, 0.4) is 0 Å². The van der Waals surface area contributed by atoms with Crippen LogP contribution in [0.1, 0.15) is 15.9 Å². The first kappa shape index (κ1) is 19.9. The standard InChI is InChI=1S/C21H22N4O4/c1-27-16-8-9-17(19(10-16)29-3)25-20(26)15-12-23-21(24-13-15)22-11-14-6-4-5-7-18(14)28-2/h4-10,12-13H,11H2,1-3H3,(H,25,26)(H,22,23,24). The van der Waals surface area contributed by atoms with Gasteiger partial charge in [0, 0.05) is 30.6 Å². The number of nitrogens with one attached hydrogen (secondary N) is 2. The van der Waals surface area contributed by atoms with Crippen molar-refractivity contribution in [2.45, 2.75) is 6.54 Å². The molecule has 3 aromatic rings. The zero-order valence-electron chi connectivity index (χ0n) is 16.4. The first-order valence-corrected chi connectivity index (χ1v) is 8.85. The molecule has 0 saturated heterocycles. The van der Waals surface area contributed by atoms with Gasteiger partial charge in [-0.15, -0.1) is 0 Å². The van der Waals surface area contributed by atoms with Gasteiger partial charge >= 0.3 is 0 Å². The number of hydrogen-bond donors (Lipinski definition) is 2. The molecule has 0 fully saturated rings. The van der Waals surface area contributed by atoms with Crippen molar-refractivity contribution < 1.29 is 19.0 Å². The molecule has 8 heteroatoms. The molecule has 0 saturated carbocycles. The quantitative estimate of drug-likeness (QED) is 0.605. The second kappa shape index (κ2) is 9.41. The third-order valence-electron chi connectivity index (χ3n) is 4.20. The molecule has 1 aromatic heterocycles. The SMILES string of the molecule is COc1ccc(NC(=O)c2cnc(NCc3ccccc3OC)nc2)c(OC)c1. The van der Waals surface area contributed by atoms with Crippen LogP contribution >= 0.6 is 0 Å². The lowest BCUT2D eigenvalue weighted by molar-refractivity contribution is 0.102. The Labute approximate surface area is 168 Å². The molecule has 1 heterocycles. The zero-order valence-corrected chi connectivity index (χ0v) is 16.4. The highest BCUT2D eigenvalue weighted by atomic mass is 16.5. The van der Waals surface area contributed by atoms with Crippen molar-refractivity contribution in [3.8, 4) is 17.2 Å². The highest BCUT2D eigenvalue weighted by molar-refractivity contribution is 6.04. The van der Waals surface area contributed by atoms with Crippen molar-refractivity contribution in [1.29, 1.82) is 0 Å². The van der Waals surface area contributed by atoms with Gasteiger partial charge in [-0.3, -0.25) is 4.79 Å². The van der Waals surface area contributed by atoms with Crippen LogP contribution in [0, 0.1) is 0 Å². The molecule has 0 spiro atoms. The molecule has 0 aliphatic carbocycles. The van der Waals surface area contributed by atoms with E-state index < -0.39 is 0 Å². The average Bonchev–Trinajstić information content (AvgIpc) is 2.78. The predicted molar refractivity (Wildman–Crippen MR) is 110 cm³/mol. The number of nitrogens with zero attached hydrogens (tertiary/aromatic N) is 2. The zero-order chi connectivity index (χ0) is 20.6. The van der Waals surface area contributed by atoms with Crippen molar-refractivity contribution in [2.75, 3.05) is 32.0 Å². The van der Waals surface area contributed by atoms with Crippen LogP contribution in [0.15, 0.2) is 54.9 Å². The molecule has 0 bridgehead atoms. The first-order valence-electron chi connectivity index (χ1n) is 8.85. The Morgan fingerprint density at radius 2 is 1.66 bits per heavy atom. The first-order chi connectivity index (χ1) is 14.1. The number of hydrogen-bond acceptors (Lipinski definition) is 7. The Morgan fingerprint density at radius 3 is 2.34 bits per heavy atom. The van der Waals surface area contributed by atoms with E-state index in [2.05, 4.69) is 20.6 Å². The van der Waals surface area contributed by atoms with Gasteiger partial charge in [-0.1, -0.05) is 18.2 Å². The maximum absolute atomic E-state index is 12.5. The monoisotopic (exact) mass is 394 g/mol. The molecule has 0 aliphatic rings. The van der Waals surface area contributed by atoms with Crippen molar-refractivity contribution in [2.24, 2.45) is 0 Å². The van der Waals surface area contributed by atoms with Gasteiger partial charge in [-0.05, 0) is 18.2 Å². The molecule has 3 rings (SSSR count). The van der Waals surface area contributed by atoms with E-state index >= 15 is 0 Å². The fourth-order valence-electron chi connectivity index (χ4n) is 2.66. The van der Waals surface area contributed by atoms with Crippen LogP contribution < -0.4 is 24.8 Å². The Kier molecular flexibility index (Phi) is 6.47. The number of benzene rings is 2. The summed E-state index contributed by atoms with van der Waals surface area (Å²) in [6, 6.07) is 12.8. The summed E-state index contributed by atoms with van der Waals surface area (Å²) in [5.74, 6) is 1.98. The summed E-state index contributed by atoms with van der Waals surface area (Å²) >= 11 is 0. The van der Waals surface area contributed by atoms with E-state index in [-0.39, 0.29) is 5.91 Å². The Morgan fingerprint density at radius 1 is 0.931 bits per heavy atom. The third kappa shape index (κ3) is 4.92. The molecule has 2 aromatic carbocycles. The van der Waals surface area contributed by atoms with E-state index in [0.717, 1.165) is 11.3 Å². The summed E-state index contributed by atoms with van der Waals surface area (Å²) in [5.41, 5.74) is 1.83. The Hall–Kier alpha value is -3.81. The maximum Gasteiger partial charge on any atom is 0.258 e. The molecule has 1 amide bonds. The largest absolute Gasteiger partial charge is 0.497 e. The van der Waals surface area contributed by atoms with Crippen molar-refractivity contribution >= 4 is 17.5 Å². The molecule has 0 unspecified atom stereocenters. The number of anilines is 2. The molecular weight excluding hydrogens is 372 g/mol. The normalized spacial score (nSPS) is 10.2. The molecular formula is C21H22N4O4. The Bertz CT molecular complexity index is 977. The molecule has 0 aliphatic heterocycles. The molecule has 0 atom stereocenters. The number of rotatable bonds is 8. The van der Waals surface area contributed by atoms with E-state index in [4.69, 9.17) is 14.2 Å². The van der Waals surface area contributed by atoms with E-state index in [0.29, 0.717) is 35.2 Å². The fraction of sp³-hybridized carbons (Fsp3) is 0.190. The summed E-state index contributed by atoms with van der Waals surface area (Å²) in [6.07, 6.45) is 2.92. The van der Waals surface area contributed by atoms with Crippen LogP contribution in [0.2, 0.25) is 0 Å². The van der Waals surface area contributed by atoms with Gasteiger partial charge in [0.2, 0.25) is 5.95 Å². The van der Waals surface area contributed by atoms with Gasteiger partial charge in [0.15, 0.2) is 0 Å². The average molecular weight is 394 g/mol. The smallest absolute Gasteiger partial charge is 0.258 e. The van der Waals surface area contributed by atoms with Crippen LogP contribution in [0.5, 0.6) is 17.2 Å². The van der Waals surface area contributed by atoms with Gasteiger partial charge in [0.1, 0.15) is 17.2 Å². The molecule has 0 radical (unpaired) electrons. The van der Waals surface area contributed by atoms with Crippen molar-refractivity contribution in [3.63, 3.8) is 0 Å². The number of carbonyl (C=O) groups excluding carboxylic acids is 1. The summed E-state index contributed by atoms with van der Waals surface area (Å²) in [6.45, 7) is 0.499. The maximum atomic E-state index is 12.5. The van der Waals surface area contributed by atoms with Gasteiger partial charge in [-0.25, -0.2) is 9.97 Å². The summed E-state index contributed by atoms with van der Waals surface area (Å²) < 4.78 is 15.8. The van der Waals surface area contributed by atoms with Crippen LogP contribution in [-0.4, -0.2) is 37.2 Å². The number of aromatic nitrogens is 2. The van der Waals surface area contributed by atoms with Crippen molar-refractivity contribution in [3.05, 3.63) is 66.0 Å².